The van der Waals surface area contributed by atoms with Gasteiger partial charge < -0.3 is 9.47 Å². The van der Waals surface area contributed by atoms with Gasteiger partial charge in [0.1, 0.15) is 5.82 Å². The number of nitrogens with zero attached hydrogens (tertiary/aromatic N) is 4. The number of rotatable bonds is 4. The van der Waals surface area contributed by atoms with Crippen LogP contribution in [-0.4, -0.2) is 51.4 Å². The monoisotopic (exact) mass is 392 g/mol. The van der Waals surface area contributed by atoms with Crippen molar-refractivity contribution in [2.75, 3.05) is 26.2 Å². The van der Waals surface area contributed by atoms with E-state index in [-0.39, 0.29) is 11.7 Å². The van der Waals surface area contributed by atoms with Crippen LogP contribution in [0, 0.1) is 19.7 Å². The lowest BCUT2D eigenvalue weighted by atomic mass is 10.2. The Bertz CT molecular complexity index is 990. The fraction of sp³-hybridized carbons (Fsp3) is 0.304. The van der Waals surface area contributed by atoms with Gasteiger partial charge in [0.2, 0.25) is 0 Å². The first-order valence-electron chi connectivity index (χ1n) is 9.88. The van der Waals surface area contributed by atoms with Gasteiger partial charge in [0.25, 0.3) is 5.91 Å². The number of halogens is 1. The van der Waals surface area contributed by atoms with Crippen molar-refractivity contribution in [3.8, 4) is 5.69 Å². The highest BCUT2D eigenvalue weighted by molar-refractivity contribution is 5.96. The largest absolute Gasteiger partial charge is 0.336 e. The summed E-state index contributed by atoms with van der Waals surface area (Å²) in [5.74, 6) is -0.204. The molecule has 4 rings (SSSR count). The van der Waals surface area contributed by atoms with Gasteiger partial charge in [-0.15, -0.1) is 0 Å². The molecule has 0 N–H and O–H groups in total. The van der Waals surface area contributed by atoms with Gasteiger partial charge >= 0.3 is 0 Å². The molecule has 1 amide bonds. The third-order valence-electron chi connectivity index (χ3n) is 5.53. The Balaban J connectivity index is 1.45. The zero-order chi connectivity index (χ0) is 20.4. The van der Waals surface area contributed by atoms with Crippen molar-refractivity contribution in [3.63, 3.8) is 0 Å². The molecule has 0 saturated carbocycles. The molecule has 5 nitrogen and oxygen atoms in total. The van der Waals surface area contributed by atoms with Crippen LogP contribution in [-0.2, 0) is 6.54 Å². The number of carbonyl (C=O) groups excluding carboxylic acids is 1. The Morgan fingerprint density at radius 3 is 2.45 bits per heavy atom. The minimum atomic E-state index is -0.267. The Kier molecular flexibility index (Phi) is 5.45. The zero-order valence-corrected chi connectivity index (χ0v) is 16.8. The highest BCUT2D eigenvalue weighted by Gasteiger charge is 2.25. The van der Waals surface area contributed by atoms with E-state index in [0.717, 1.165) is 36.7 Å². The zero-order valence-electron chi connectivity index (χ0n) is 16.8. The lowest BCUT2D eigenvalue weighted by Crippen LogP contribution is -2.48. The summed E-state index contributed by atoms with van der Waals surface area (Å²) in [6.07, 6.45) is 3.67. The summed E-state index contributed by atoms with van der Waals surface area (Å²) in [5, 5.41) is 0. The van der Waals surface area contributed by atoms with E-state index >= 15 is 0 Å². The summed E-state index contributed by atoms with van der Waals surface area (Å²) in [4.78, 5) is 21.6. The van der Waals surface area contributed by atoms with Crippen molar-refractivity contribution < 1.29 is 9.18 Å². The summed E-state index contributed by atoms with van der Waals surface area (Å²) in [5.41, 5.74) is 4.62. The maximum absolute atomic E-state index is 13.3. The molecule has 29 heavy (non-hydrogen) atoms. The molecule has 0 unspecified atom stereocenters. The predicted molar refractivity (Wildman–Crippen MR) is 111 cm³/mol. The van der Waals surface area contributed by atoms with Gasteiger partial charge in [0, 0.05) is 62.2 Å². The summed E-state index contributed by atoms with van der Waals surface area (Å²) < 4.78 is 15.3. The first-order valence-corrected chi connectivity index (χ1v) is 9.88. The van der Waals surface area contributed by atoms with E-state index < -0.39 is 0 Å². The summed E-state index contributed by atoms with van der Waals surface area (Å²) in [7, 11) is 0. The molecule has 0 atom stereocenters. The first-order chi connectivity index (χ1) is 14.0. The highest BCUT2D eigenvalue weighted by atomic mass is 19.1. The average Bonchev–Trinajstić information content (AvgIpc) is 3.04. The Hall–Kier alpha value is -2.99. The van der Waals surface area contributed by atoms with E-state index in [1.807, 2.05) is 41.6 Å². The Morgan fingerprint density at radius 2 is 1.79 bits per heavy atom. The van der Waals surface area contributed by atoms with Crippen LogP contribution in [0.15, 0.2) is 54.9 Å². The quantitative estimate of drug-likeness (QED) is 0.681. The number of hydrogen-bond donors (Lipinski definition) is 0. The number of benzene rings is 1. The van der Waals surface area contributed by atoms with Gasteiger partial charge in [-0.3, -0.25) is 14.7 Å². The third-order valence-corrected chi connectivity index (χ3v) is 5.53. The van der Waals surface area contributed by atoms with E-state index in [1.54, 1.807) is 18.3 Å². The molecule has 6 heteroatoms. The van der Waals surface area contributed by atoms with Crippen LogP contribution >= 0.6 is 0 Å². The number of aryl methyl sites for hydroxylation is 1. The van der Waals surface area contributed by atoms with Crippen LogP contribution in [0.4, 0.5) is 4.39 Å². The molecule has 1 saturated heterocycles. The van der Waals surface area contributed by atoms with E-state index in [2.05, 4.69) is 16.0 Å². The summed E-state index contributed by atoms with van der Waals surface area (Å²) >= 11 is 0. The maximum Gasteiger partial charge on any atom is 0.255 e. The number of aromatic nitrogens is 2. The minimum absolute atomic E-state index is 0.0625. The molecule has 1 aliphatic rings. The fourth-order valence-corrected chi connectivity index (χ4v) is 4.00. The maximum atomic E-state index is 13.3. The lowest BCUT2D eigenvalue weighted by Gasteiger charge is -2.34. The van der Waals surface area contributed by atoms with E-state index in [4.69, 9.17) is 0 Å². The molecular formula is C23H25FN4O. The lowest BCUT2D eigenvalue weighted by molar-refractivity contribution is 0.0627. The molecular weight excluding hydrogens is 367 g/mol. The molecule has 150 valence electrons. The van der Waals surface area contributed by atoms with Crippen LogP contribution in [0.5, 0.6) is 0 Å². The molecule has 3 aromatic rings. The minimum Gasteiger partial charge on any atom is -0.336 e. The van der Waals surface area contributed by atoms with Gasteiger partial charge in [-0.05, 0) is 55.8 Å². The van der Waals surface area contributed by atoms with Crippen LogP contribution in [0.25, 0.3) is 5.69 Å². The molecule has 0 bridgehead atoms. The SMILES string of the molecule is Cc1cc(C(=O)N2CCN(Cc3cccnc3)CC2)c(C)n1-c1ccc(F)cc1. The summed E-state index contributed by atoms with van der Waals surface area (Å²) in [6.45, 7) is 7.88. The van der Waals surface area contributed by atoms with Crippen molar-refractivity contribution in [1.29, 1.82) is 0 Å². The molecule has 0 aliphatic carbocycles. The van der Waals surface area contributed by atoms with Crippen molar-refractivity contribution >= 4 is 5.91 Å². The van der Waals surface area contributed by atoms with Crippen LogP contribution in [0.1, 0.15) is 27.3 Å². The number of carbonyl (C=O) groups is 1. The molecule has 1 fully saturated rings. The van der Waals surface area contributed by atoms with Crippen molar-refractivity contribution in [2.24, 2.45) is 0 Å². The third kappa shape index (κ3) is 4.07. The second-order valence-corrected chi connectivity index (χ2v) is 7.53. The van der Waals surface area contributed by atoms with Crippen LogP contribution < -0.4 is 0 Å². The molecule has 0 radical (unpaired) electrons. The normalized spacial score (nSPS) is 14.9. The van der Waals surface area contributed by atoms with Crippen LogP contribution in [0.2, 0.25) is 0 Å². The molecule has 0 spiro atoms. The van der Waals surface area contributed by atoms with Crippen molar-refractivity contribution in [1.82, 2.24) is 19.4 Å². The first kappa shape index (κ1) is 19.3. The Labute approximate surface area is 170 Å². The molecule has 1 aromatic carbocycles. The highest BCUT2D eigenvalue weighted by Crippen LogP contribution is 2.23. The van der Waals surface area contributed by atoms with Gasteiger partial charge in [-0.2, -0.15) is 0 Å². The molecule has 2 aromatic heterocycles. The Morgan fingerprint density at radius 1 is 1.07 bits per heavy atom. The number of amides is 1. The van der Waals surface area contributed by atoms with E-state index in [9.17, 15) is 9.18 Å². The second kappa shape index (κ2) is 8.17. The van der Waals surface area contributed by atoms with E-state index in [1.165, 1.54) is 17.7 Å². The van der Waals surface area contributed by atoms with Gasteiger partial charge in [0.15, 0.2) is 0 Å². The fourth-order valence-electron chi connectivity index (χ4n) is 4.00. The molecule has 1 aliphatic heterocycles. The smallest absolute Gasteiger partial charge is 0.255 e. The average molecular weight is 392 g/mol. The topological polar surface area (TPSA) is 41.4 Å². The van der Waals surface area contributed by atoms with Crippen molar-refractivity contribution in [2.45, 2.75) is 20.4 Å². The molecule has 3 heterocycles. The van der Waals surface area contributed by atoms with Gasteiger partial charge in [0.05, 0.1) is 5.56 Å². The second-order valence-electron chi connectivity index (χ2n) is 7.53. The number of piperazine rings is 1. The van der Waals surface area contributed by atoms with Gasteiger partial charge in [-0.25, -0.2) is 4.39 Å². The number of pyridine rings is 1. The standard InChI is InChI=1S/C23H25FN4O/c1-17-14-22(18(2)28(17)21-7-5-20(24)6-8-21)23(29)27-12-10-26(11-13-27)16-19-4-3-9-25-15-19/h3-9,14-15H,10-13,16H2,1-2H3. The number of hydrogen-bond acceptors (Lipinski definition) is 3. The van der Waals surface area contributed by atoms with Crippen LogP contribution in [0.3, 0.4) is 0 Å². The predicted octanol–water partition coefficient (Wildman–Crippen LogP) is 3.59. The van der Waals surface area contributed by atoms with Crippen molar-refractivity contribution in [3.05, 3.63) is 83.2 Å². The summed E-state index contributed by atoms with van der Waals surface area (Å²) in [6, 6.07) is 12.3. The van der Waals surface area contributed by atoms with E-state index in [0.29, 0.717) is 18.7 Å². The van der Waals surface area contributed by atoms with Gasteiger partial charge in [-0.1, -0.05) is 6.07 Å².